The Morgan fingerprint density at radius 1 is 1.10 bits per heavy atom. The molecule has 1 heterocycles. The number of aliphatic hydroxyl groups is 1. The third-order valence-corrected chi connectivity index (χ3v) is 4.72. The average molecular weight is 302 g/mol. The van der Waals surface area contributed by atoms with E-state index in [0.717, 1.165) is 17.7 Å². The molecule has 1 fully saturated rings. The maximum Gasteiger partial charge on any atom is 0.132 e. The number of halogens is 1. The molecule has 1 aromatic carbocycles. The van der Waals surface area contributed by atoms with Crippen molar-refractivity contribution in [2.45, 2.75) is 37.7 Å². The fourth-order valence-corrected chi connectivity index (χ4v) is 3.46. The number of hydrogen-bond donors (Lipinski definition) is 1. The molecule has 0 unspecified atom stereocenters. The van der Waals surface area contributed by atoms with Crippen LogP contribution in [0.3, 0.4) is 0 Å². The van der Waals surface area contributed by atoms with Crippen LogP contribution in [0.2, 0.25) is 5.02 Å². The van der Waals surface area contributed by atoms with E-state index in [4.69, 9.17) is 11.6 Å². The predicted molar refractivity (Wildman–Crippen MR) is 85.3 cm³/mol. The second-order valence-electron chi connectivity index (χ2n) is 5.94. The highest BCUT2D eigenvalue weighted by Gasteiger charge is 2.36. The summed E-state index contributed by atoms with van der Waals surface area (Å²) in [6, 6.07) is 13.2. The van der Waals surface area contributed by atoms with E-state index in [9.17, 15) is 5.11 Å². The summed E-state index contributed by atoms with van der Waals surface area (Å²) < 4.78 is 0. The van der Waals surface area contributed by atoms with Gasteiger partial charge in [-0.2, -0.15) is 0 Å². The second-order valence-corrected chi connectivity index (χ2v) is 6.37. The van der Waals surface area contributed by atoms with Gasteiger partial charge in [0.05, 0.1) is 5.69 Å². The molecule has 110 valence electrons. The van der Waals surface area contributed by atoms with Gasteiger partial charge >= 0.3 is 0 Å². The molecule has 0 amide bonds. The smallest absolute Gasteiger partial charge is 0.132 e. The van der Waals surface area contributed by atoms with Gasteiger partial charge in [-0.1, -0.05) is 55.5 Å². The zero-order valence-corrected chi connectivity index (χ0v) is 12.8. The largest absolute Gasteiger partial charge is 0.379 e. The van der Waals surface area contributed by atoms with Crippen LogP contribution < -0.4 is 0 Å². The number of rotatable bonds is 4. The van der Waals surface area contributed by atoms with Crippen molar-refractivity contribution >= 4 is 11.6 Å². The van der Waals surface area contributed by atoms with Gasteiger partial charge in [0.15, 0.2) is 0 Å². The van der Waals surface area contributed by atoms with Crippen LogP contribution in [0.1, 0.15) is 43.4 Å². The van der Waals surface area contributed by atoms with Crippen LogP contribution in [0.25, 0.3) is 0 Å². The number of aromatic nitrogens is 1. The maximum absolute atomic E-state index is 11.4. The molecule has 1 saturated carbocycles. The van der Waals surface area contributed by atoms with E-state index in [1.807, 2.05) is 42.5 Å². The van der Waals surface area contributed by atoms with E-state index < -0.39 is 5.60 Å². The monoisotopic (exact) mass is 301 g/mol. The molecule has 1 aliphatic carbocycles. The molecule has 2 aromatic rings. The van der Waals surface area contributed by atoms with Gasteiger partial charge in [-0.05, 0) is 42.2 Å². The Hall–Kier alpha value is -1.38. The molecule has 0 radical (unpaired) electrons. The summed E-state index contributed by atoms with van der Waals surface area (Å²) >= 11 is 5.98. The summed E-state index contributed by atoms with van der Waals surface area (Å²) in [6.07, 6.45) is 7.40. The van der Waals surface area contributed by atoms with Crippen molar-refractivity contribution in [1.29, 1.82) is 0 Å². The van der Waals surface area contributed by atoms with Gasteiger partial charge in [0.1, 0.15) is 5.60 Å². The molecular formula is C18H20ClNO. The van der Waals surface area contributed by atoms with E-state index in [2.05, 4.69) is 4.98 Å². The van der Waals surface area contributed by atoms with Crippen LogP contribution >= 0.6 is 11.6 Å². The third kappa shape index (κ3) is 3.12. The third-order valence-electron chi connectivity index (χ3n) is 4.47. The first-order valence-corrected chi connectivity index (χ1v) is 7.96. The van der Waals surface area contributed by atoms with Gasteiger partial charge in [0.2, 0.25) is 0 Å². The molecule has 0 saturated heterocycles. The zero-order valence-electron chi connectivity index (χ0n) is 12.0. The van der Waals surface area contributed by atoms with Crippen molar-refractivity contribution in [3.05, 3.63) is 64.9 Å². The van der Waals surface area contributed by atoms with Crippen molar-refractivity contribution in [3.8, 4) is 0 Å². The normalized spacial score (nSPS) is 18.6. The minimum Gasteiger partial charge on any atom is -0.379 e. The summed E-state index contributed by atoms with van der Waals surface area (Å²) in [5, 5.41) is 12.1. The molecule has 0 bridgehead atoms. The van der Waals surface area contributed by atoms with E-state index in [-0.39, 0.29) is 0 Å². The topological polar surface area (TPSA) is 33.1 Å². The van der Waals surface area contributed by atoms with Crippen LogP contribution in [-0.4, -0.2) is 10.1 Å². The molecule has 1 aliphatic rings. The lowest BCUT2D eigenvalue weighted by molar-refractivity contribution is 0.0488. The van der Waals surface area contributed by atoms with Crippen molar-refractivity contribution in [3.63, 3.8) is 0 Å². The quantitative estimate of drug-likeness (QED) is 0.898. The summed E-state index contributed by atoms with van der Waals surface area (Å²) in [5.74, 6) is 0.563. The maximum atomic E-state index is 11.4. The Balaban J connectivity index is 1.99. The van der Waals surface area contributed by atoms with Gasteiger partial charge in [0.25, 0.3) is 0 Å². The molecule has 21 heavy (non-hydrogen) atoms. The Kier molecular flexibility index (Phi) is 4.27. The molecule has 0 aliphatic heterocycles. The predicted octanol–water partition coefficient (Wildman–Crippen LogP) is 4.55. The zero-order chi connectivity index (χ0) is 14.7. The van der Waals surface area contributed by atoms with E-state index >= 15 is 0 Å². The van der Waals surface area contributed by atoms with E-state index in [1.54, 1.807) is 6.20 Å². The van der Waals surface area contributed by atoms with Gasteiger partial charge in [-0.3, -0.25) is 4.98 Å². The highest BCUT2D eigenvalue weighted by Crippen LogP contribution is 2.40. The Bertz CT molecular complexity index is 578. The lowest BCUT2D eigenvalue weighted by atomic mass is 9.81. The molecule has 3 rings (SSSR count). The fourth-order valence-electron chi connectivity index (χ4n) is 3.34. The average Bonchev–Trinajstić information content (AvgIpc) is 3.01. The van der Waals surface area contributed by atoms with Crippen LogP contribution in [0, 0.1) is 5.92 Å². The number of nitrogens with zero attached hydrogens (tertiary/aromatic N) is 1. The highest BCUT2D eigenvalue weighted by atomic mass is 35.5. The van der Waals surface area contributed by atoms with E-state index in [0.29, 0.717) is 10.9 Å². The van der Waals surface area contributed by atoms with Crippen molar-refractivity contribution in [2.24, 2.45) is 5.92 Å². The van der Waals surface area contributed by atoms with E-state index in [1.165, 1.54) is 25.7 Å². The van der Waals surface area contributed by atoms with Crippen LogP contribution in [0.15, 0.2) is 48.7 Å². The van der Waals surface area contributed by atoms with Gasteiger partial charge in [-0.15, -0.1) is 0 Å². The Morgan fingerprint density at radius 3 is 2.43 bits per heavy atom. The fraction of sp³-hybridized carbons (Fsp3) is 0.389. The Morgan fingerprint density at radius 2 is 1.81 bits per heavy atom. The lowest BCUT2D eigenvalue weighted by Crippen LogP contribution is -2.30. The van der Waals surface area contributed by atoms with Crippen molar-refractivity contribution in [2.75, 3.05) is 0 Å². The number of pyridine rings is 1. The molecule has 1 atom stereocenters. The standard InChI is InChI=1S/C18H20ClNO/c19-16-10-8-15(9-11-16)18(21,13-14-5-1-2-6-14)17-7-3-4-12-20-17/h3-4,7-12,14,21H,1-2,5-6,13H2/t18-/m1/s1. The first-order chi connectivity index (χ1) is 10.2. The summed E-state index contributed by atoms with van der Waals surface area (Å²) in [5.41, 5.74) is 0.567. The Labute approximate surface area is 130 Å². The molecule has 2 nitrogen and oxygen atoms in total. The summed E-state index contributed by atoms with van der Waals surface area (Å²) in [4.78, 5) is 4.41. The molecule has 0 spiro atoms. The first-order valence-electron chi connectivity index (χ1n) is 7.58. The summed E-state index contributed by atoms with van der Waals surface area (Å²) in [7, 11) is 0. The lowest BCUT2D eigenvalue weighted by Gasteiger charge is -2.31. The molecular weight excluding hydrogens is 282 g/mol. The minimum absolute atomic E-state index is 0.563. The molecule has 1 N–H and O–H groups in total. The first kappa shape index (κ1) is 14.6. The number of hydrogen-bond acceptors (Lipinski definition) is 2. The SMILES string of the molecule is O[C@](CC1CCCC1)(c1ccc(Cl)cc1)c1ccccn1. The minimum atomic E-state index is -1.03. The van der Waals surface area contributed by atoms with Crippen LogP contribution in [-0.2, 0) is 5.60 Å². The molecule has 1 aromatic heterocycles. The van der Waals surface area contributed by atoms with Gasteiger partial charge in [0, 0.05) is 11.2 Å². The van der Waals surface area contributed by atoms with Crippen LogP contribution in [0.5, 0.6) is 0 Å². The van der Waals surface area contributed by atoms with Crippen LogP contribution in [0.4, 0.5) is 0 Å². The number of benzene rings is 1. The van der Waals surface area contributed by atoms with Crippen molar-refractivity contribution in [1.82, 2.24) is 4.98 Å². The van der Waals surface area contributed by atoms with Gasteiger partial charge in [-0.25, -0.2) is 0 Å². The molecule has 3 heteroatoms. The van der Waals surface area contributed by atoms with Gasteiger partial charge < -0.3 is 5.11 Å². The van der Waals surface area contributed by atoms with Crippen molar-refractivity contribution < 1.29 is 5.11 Å². The summed E-state index contributed by atoms with van der Waals surface area (Å²) in [6.45, 7) is 0. The highest BCUT2D eigenvalue weighted by molar-refractivity contribution is 6.30. The second kappa shape index (κ2) is 6.17.